The number of benzene rings is 3. The minimum atomic E-state index is 0.778. The van der Waals surface area contributed by atoms with E-state index in [1.165, 1.54) is 5.56 Å². The van der Waals surface area contributed by atoms with E-state index in [0.29, 0.717) is 0 Å². The van der Waals surface area contributed by atoms with E-state index >= 15 is 0 Å². The highest BCUT2D eigenvalue weighted by Gasteiger charge is 2.09. The molecule has 2 heterocycles. The number of hydrogen-bond acceptors (Lipinski definition) is 4. The molecule has 0 unspecified atom stereocenters. The van der Waals surface area contributed by atoms with Crippen molar-refractivity contribution in [3.05, 3.63) is 90.8 Å². The summed E-state index contributed by atoms with van der Waals surface area (Å²) in [6.07, 6.45) is 2.50. The van der Waals surface area contributed by atoms with Crippen LogP contribution in [-0.4, -0.2) is 21.5 Å². The number of ether oxygens (including phenoxy) is 1. The molecule has 2 aromatic heterocycles. The monoisotopic (exact) mass is 380 g/mol. The minimum absolute atomic E-state index is 0.778. The molecule has 5 nitrogen and oxygen atoms in total. The molecule has 2 N–H and O–H groups in total. The van der Waals surface area contributed by atoms with Crippen molar-refractivity contribution in [2.24, 2.45) is 0 Å². The molecule has 0 atom stereocenters. The summed E-state index contributed by atoms with van der Waals surface area (Å²) >= 11 is 0. The molecule has 0 spiro atoms. The predicted molar refractivity (Wildman–Crippen MR) is 117 cm³/mol. The summed E-state index contributed by atoms with van der Waals surface area (Å²) in [5, 5.41) is 4.55. The molecule has 0 radical (unpaired) electrons. The first-order valence-corrected chi connectivity index (χ1v) is 9.64. The van der Waals surface area contributed by atoms with E-state index < -0.39 is 0 Å². The summed E-state index contributed by atoms with van der Waals surface area (Å²) in [6, 6.07) is 26.2. The van der Waals surface area contributed by atoms with Gasteiger partial charge in [-0.1, -0.05) is 48.5 Å². The van der Waals surface area contributed by atoms with Gasteiger partial charge in [0.2, 0.25) is 0 Å². The maximum Gasteiger partial charge on any atom is 0.153 e. The second kappa shape index (κ2) is 7.64. The number of nitrogens with zero attached hydrogens (tertiary/aromatic N) is 2. The molecule has 0 aliphatic rings. The fraction of sp³-hybridized carbons (Fsp3) is 0.0833. The van der Waals surface area contributed by atoms with Crippen LogP contribution in [-0.2, 0) is 6.42 Å². The fourth-order valence-electron chi connectivity index (χ4n) is 3.45. The number of nitrogens with one attached hydrogen (secondary N) is 2. The second-order valence-electron chi connectivity index (χ2n) is 6.85. The molecule has 5 rings (SSSR count). The molecule has 0 saturated carbocycles. The standard InChI is InChI=1S/C24H20N4O/c1-2-6-18(7-3-1)29-19-12-10-17(11-13-19)14-15-25-24-23-22(26-16-27-24)20-8-4-5-9-21(20)28-23/h1-13,16,28H,14-15H2,(H,25,26,27). The summed E-state index contributed by atoms with van der Waals surface area (Å²) in [5.74, 6) is 2.51. The first-order valence-electron chi connectivity index (χ1n) is 9.64. The molecule has 5 aromatic rings. The van der Waals surface area contributed by atoms with Gasteiger partial charge in [-0.2, -0.15) is 0 Å². The lowest BCUT2D eigenvalue weighted by Gasteiger charge is -2.08. The summed E-state index contributed by atoms with van der Waals surface area (Å²) < 4.78 is 5.85. The molecule has 3 aromatic carbocycles. The van der Waals surface area contributed by atoms with Crippen molar-refractivity contribution in [2.75, 3.05) is 11.9 Å². The zero-order chi connectivity index (χ0) is 19.5. The highest BCUT2D eigenvalue weighted by atomic mass is 16.5. The van der Waals surface area contributed by atoms with Crippen LogP contribution >= 0.6 is 0 Å². The molecular weight excluding hydrogens is 360 g/mol. The van der Waals surface area contributed by atoms with Crippen LogP contribution in [0, 0.1) is 0 Å². The number of aromatic amines is 1. The Morgan fingerprint density at radius 2 is 1.55 bits per heavy atom. The lowest BCUT2D eigenvalue weighted by atomic mass is 10.1. The number of para-hydroxylation sites is 2. The Morgan fingerprint density at radius 1 is 0.793 bits per heavy atom. The molecule has 142 valence electrons. The van der Waals surface area contributed by atoms with Crippen LogP contribution in [0.5, 0.6) is 11.5 Å². The molecule has 0 saturated heterocycles. The quantitative estimate of drug-likeness (QED) is 0.405. The molecule has 0 fully saturated rings. The normalized spacial score (nSPS) is 11.0. The molecule has 0 bridgehead atoms. The van der Waals surface area contributed by atoms with E-state index in [-0.39, 0.29) is 0 Å². The maximum atomic E-state index is 5.85. The third kappa shape index (κ3) is 3.62. The number of hydrogen-bond donors (Lipinski definition) is 2. The first kappa shape index (κ1) is 17.3. The van der Waals surface area contributed by atoms with Gasteiger partial charge in [0.1, 0.15) is 28.9 Å². The highest BCUT2D eigenvalue weighted by molar-refractivity contribution is 6.07. The van der Waals surface area contributed by atoms with Crippen molar-refractivity contribution >= 4 is 27.8 Å². The van der Waals surface area contributed by atoms with Gasteiger partial charge in [-0.3, -0.25) is 0 Å². The van der Waals surface area contributed by atoms with Crippen LogP contribution in [0.25, 0.3) is 21.9 Å². The smallest absolute Gasteiger partial charge is 0.153 e. The number of anilines is 1. The van der Waals surface area contributed by atoms with E-state index in [4.69, 9.17) is 4.74 Å². The Kier molecular flexibility index (Phi) is 4.54. The molecule has 5 heteroatoms. The maximum absolute atomic E-state index is 5.85. The van der Waals surface area contributed by atoms with Crippen molar-refractivity contribution in [3.8, 4) is 11.5 Å². The van der Waals surface area contributed by atoms with Crippen molar-refractivity contribution in [1.29, 1.82) is 0 Å². The van der Waals surface area contributed by atoms with E-state index in [1.807, 2.05) is 54.6 Å². The Morgan fingerprint density at radius 3 is 2.41 bits per heavy atom. The third-order valence-electron chi connectivity index (χ3n) is 4.90. The highest BCUT2D eigenvalue weighted by Crippen LogP contribution is 2.27. The summed E-state index contributed by atoms with van der Waals surface area (Å²) in [6.45, 7) is 0.778. The van der Waals surface area contributed by atoms with Crippen LogP contribution < -0.4 is 10.1 Å². The Labute approximate surface area is 168 Å². The largest absolute Gasteiger partial charge is 0.457 e. The van der Waals surface area contributed by atoms with Crippen molar-refractivity contribution < 1.29 is 4.74 Å². The van der Waals surface area contributed by atoms with Gasteiger partial charge >= 0.3 is 0 Å². The van der Waals surface area contributed by atoms with Gasteiger partial charge in [0.15, 0.2) is 5.82 Å². The molecule has 29 heavy (non-hydrogen) atoms. The molecule has 0 aliphatic heterocycles. The molecule has 0 aliphatic carbocycles. The van der Waals surface area contributed by atoms with E-state index in [2.05, 4.69) is 44.5 Å². The van der Waals surface area contributed by atoms with Crippen LogP contribution in [0.4, 0.5) is 5.82 Å². The van der Waals surface area contributed by atoms with Gasteiger partial charge in [-0.05, 0) is 42.3 Å². The lowest BCUT2D eigenvalue weighted by molar-refractivity contribution is 0.482. The zero-order valence-corrected chi connectivity index (χ0v) is 15.8. The topological polar surface area (TPSA) is 62.8 Å². The third-order valence-corrected chi connectivity index (χ3v) is 4.90. The summed E-state index contributed by atoms with van der Waals surface area (Å²) in [7, 11) is 0. The van der Waals surface area contributed by atoms with Gasteiger partial charge in [-0.15, -0.1) is 0 Å². The van der Waals surface area contributed by atoms with Crippen molar-refractivity contribution in [3.63, 3.8) is 0 Å². The van der Waals surface area contributed by atoms with Crippen LogP contribution in [0.15, 0.2) is 85.2 Å². The molecule has 0 amide bonds. The second-order valence-corrected chi connectivity index (χ2v) is 6.85. The van der Waals surface area contributed by atoms with Crippen molar-refractivity contribution in [2.45, 2.75) is 6.42 Å². The Hall–Kier alpha value is -3.86. The first-order chi connectivity index (χ1) is 14.4. The number of rotatable bonds is 6. The van der Waals surface area contributed by atoms with E-state index in [0.717, 1.165) is 52.2 Å². The number of aromatic nitrogens is 3. The average molecular weight is 380 g/mol. The Bertz CT molecular complexity index is 1250. The van der Waals surface area contributed by atoms with Gasteiger partial charge in [0, 0.05) is 17.4 Å². The average Bonchev–Trinajstić information content (AvgIpc) is 3.15. The van der Waals surface area contributed by atoms with Crippen LogP contribution in [0.3, 0.4) is 0 Å². The van der Waals surface area contributed by atoms with Gasteiger partial charge in [-0.25, -0.2) is 9.97 Å². The van der Waals surface area contributed by atoms with E-state index in [9.17, 15) is 0 Å². The fourth-order valence-corrected chi connectivity index (χ4v) is 3.45. The van der Waals surface area contributed by atoms with Crippen molar-refractivity contribution in [1.82, 2.24) is 15.0 Å². The van der Waals surface area contributed by atoms with E-state index in [1.54, 1.807) is 6.33 Å². The van der Waals surface area contributed by atoms with Gasteiger partial charge in [0.25, 0.3) is 0 Å². The van der Waals surface area contributed by atoms with Crippen LogP contribution in [0.2, 0.25) is 0 Å². The predicted octanol–water partition coefficient (Wildman–Crippen LogP) is 5.56. The van der Waals surface area contributed by atoms with Crippen LogP contribution in [0.1, 0.15) is 5.56 Å². The number of fused-ring (bicyclic) bond motifs is 3. The SMILES string of the molecule is c1ccc(Oc2ccc(CCNc3ncnc4c3[nH]c3ccccc34)cc2)cc1. The Balaban J connectivity index is 1.25. The lowest BCUT2D eigenvalue weighted by Crippen LogP contribution is -2.07. The van der Waals surface area contributed by atoms with Gasteiger partial charge in [0.05, 0.1) is 0 Å². The molecular formula is C24H20N4O. The summed E-state index contributed by atoms with van der Waals surface area (Å²) in [4.78, 5) is 12.3. The van der Waals surface area contributed by atoms with Gasteiger partial charge < -0.3 is 15.0 Å². The zero-order valence-electron chi connectivity index (χ0n) is 15.8. The summed E-state index contributed by atoms with van der Waals surface area (Å²) in [5.41, 5.74) is 4.20. The minimum Gasteiger partial charge on any atom is -0.457 e. The number of H-pyrrole nitrogens is 1.